The highest BCUT2D eigenvalue weighted by atomic mass is 16.2. The second-order valence-corrected chi connectivity index (χ2v) is 7.13. The molecule has 0 bridgehead atoms. The fraction of sp³-hybridized carbons (Fsp3) is 0.286. The molecule has 2 aliphatic rings. The van der Waals surface area contributed by atoms with Gasteiger partial charge in [-0.3, -0.25) is 14.5 Å². The summed E-state index contributed by atoms with van der Waals surface area (Å²) in [7, 11) is 0. The third-order valence-electron chi connectivity index (χ3n) is 5.30. The van der Waals surface area contributed by atoms with Crippen LogP contribution >= 0.6 is 0 Å². The summed E-state index contributed by atoms with van der Waals surface area (Å²) in [4.78, 5) is 19.7. The van der Waals surface area contributed by atoms with Crippen LogP contribution in [0, 0.1) is 0 Å². The van der Waals surface area contributed by atoms with Crippen LogP contribution < -0.4 is 4.90 Å². The van der Waals surface area contributed by atoms with Crippen LogP contribution in [-0.4, -0.2) is 27.2 Å². The maximum atomic E-state index is 13.3. The SMILES string of the molecule is O=C(c1ccnc(C2CC2)c1)N1CC(n2cccn2)Cc2ccccc21. The van der Waals surface area contributed by atoms with E-state index in [0.717, 1.165) is 23.4 Å². The van der Waals surface area contributed by atoms with Crippen molar-refractivity contribution in [2.75, 3.05) is 11.4 Å². The van der Waals surface area contributed by atoms with Crippen molar-refractivity contribution in [2.24, 2.45) is 0 Å². The van der Waals surface area contributed by atoms with Crippen molar-refractivity contribution in [3.63, 3.8) is 0 Å². The second kappa shape index (κ2) is 6.09. The lowest BCUT2D eigenvalue weighted by atomic mass is 9.97. The van der Waals surface area contributed by atoms with E-state index in [0.29, 0.717) is 12.5 Å². The first-order valence-electron chi connectivity index (χ1n) is 9.14. The van der Waals surface area contributed by atoms with Crippen LogP contribution in [0.5, 0.6) is 0 Å². The summed E-state index contributed by atoms with van der Waals surface area (Å²) in [6, 6.07) is 14.0. The minimum Gasteiger partial charge on any atom is -0.306 e. The molecule has 3 heterocycles. The van der Waals surface area contributed by atoms with Gasteiger partial charge in [-0.25, -0.2) is 0 Å². The van der Waals surface area contributed by atoms with E-state index in [9.17, 15) is 4.79 Å². The Morgan fingerprint density at radius 1 is 1.08 bits per heavy atom. The molecule has 5 rings (SSSR count). The van der Waals surface area contributed by atoms with Gasteiger partial charge in [-0.2, -0.15) is 5.10 Å². The molecule has 1 aromatic carbocycles. The molecule has 0 radical (unpaired) electrons. The van der Waals surface area contributed by atoms with Gasteiger partial charge in [0.15, 0.2) is 0 Å². The number of nitrogens with zero attached hydrogens (tertiary/aromatic N) is 4. The number of benzene rings is 1. The van der Waals surface area contributed by atoms with Crippen molar-refractivity contribution in [1.29, 1.82) is 0 Å². The van der Waals surface area contributed by atoms with E-state index in [1.807, 2.05) is 52.2 Å². The van der Waals surface area contributed by atoms with Crippen LogP contribution in [0.4, 0.5) is 5.69 Å². The number of hydrogen-bond donors (Lipinski definition) is 0. The molecule has 2 aromatic heterocycles. The van der Waals surface area contributed by atoms with E-state index in [2.05, 4.69) is 16.1 Å². The molecular weight excluding hydrogens is 324 g/mol. The first kappa shape index (κ1) is 15.3. The van der Waals surface area contributed by atoms with Crippen LogP contribution in [0.3, 0.4) is 0 Å². The maximum Gasteiger partial charge on any atom is 0.258 e. The molecule has 5 heteroatoms. The van der Waals surface area contributed by atoms with Gasteiger partial charge >= 0.3 is 0 Å². The summed E-state index contributed by atoms with van der Waals surface area (Å²) in [5, 5.41) is 4.39. The first-order valence-corrected chi connectivity index (χ1v) is 9.14. The molecule has 1 aliphatic heterocycles. The predicted molar refractivity (Wildman–Crippen MR) is 99.3 cm³/mol. The van der Waals surface area contributed by atoms with Crippen molar-refractivity contribution in [2.45, 2.75) is 31.2 Å². The highest BCUT2D eigenvalue weighted by Crippen LogP contribution is 2.39. The van der Waals surface area contributed by atoms with Gasteiger partial charge in [0.25, 0.3) is 5.91 Å². The summed E-state index contributed by atoms with van der Waals surface area (Å²) in [5.41, 5.74) is 3.96. The topological polar surface area (TPSA) is 51.0 Å². The monoisotopic (exact) mass is 344 g/mol. The Morgan fingerprint density at radius 2 is 1.96 bits per heavy atom. The van der Waals surface area contributed by atoms with E-state index >= 15 is 0 Å². The van der Waals surface area contributed by atoms with Crippen molar-refractivity contribution in [1.82, 2.24) is 14.8 Å². The molecule has 0 spiro atoms. The summed E-state index contributed by atoms with van der Waals surface area (Å²) < 4.78 is 1.96. The number of para-hydroxylation sites is 1. The highest BCUT2D eigenvalue weighted by Gasteiger charge is 2.31. The zero-order valence-corrected chi connectivity index (χ0v) is 14.5. The Morgan fingerprint density at radius 3 is 2.77 bits per heavy atom. The minimum absolute atomic E-state index is 0.0404. The van der Waals surface area contributed by atoms with Gasteiger partial charge in [-0.05, 0) is 49.1 Å². The smallest absolute Gasteiger partial charge is 0.258 e. The van der Waals surface area contributed by atoms with E-state index in [4.69, 9.17) is 0 Å². The van der Waals surface area contributed by atoms with Crippen molar-refractivity contribution >= 4 is 11.6 Å². The van der Waals surface area contributed by atoms with Crippen LogP contribution in [-0.2, 0) is 6.42 Å². The normalized spacial score (nSPS) is 19.2. The van der Waals surface area contributed by atoms with Gasteiger partial charge in [0.1, 0.15) is 0 Å². The van der Waals surface area contributed by atoms with E-state index in [1.165, 1.54) is 18.4 Å². The number of pyridine rings is 1. The third kappa shape index (κ3) is 2.69. The van der Waals surface area contributed by atoms with Crippen LogP contribution in [0.25, 0.3) is 0 Å². The quantitative estimate of drug-likeness (QED) is 0.729. The Bertz CT molecular complexity index is 946. The highest BCUT2D eigenvalue weighted by molar-refractivity contribution is 6.06. The number of rotatable bonds is 3. The summed E-state index contributed by atoms with van der Waals surface area (Å²) in [6.45, 7) is 0.624. The number of anilines is 1. The van der Waals surface area contributed by atoms with Gasteiger partial charge in [-0.15, -0.1) is 0 Å². The van der Waals surface area contributed by atoms with E-state index in [-0.39, 0.29) is 11.9 Å². The fourth-order valence-electron chi connectivity index (χ4n) is 3.78. The lowest BCUT2D eigenvalue weighted by Gasteiger charge is -2.34. The zero-order chi connectivity index (χ0) is 17.5. The Labute approximate surface area is 152 Å². The molecule has 1 saturated carbocycles. The molecule has 26 heavy (non-hydrogen) atoms. The first-order chi connectivity index (χ1) is 12.8. The van der Waals surface area contributed by atoms with Crippen LogP contribution in [0.15, 0.2) is 61.1 Å². The van der Waals surface area contributed by atoms with Crippen molar-refractivity contribution in [3.8, 4) is 0 Å². The van der Waals surface area contributed by atoms with Gasteiger partial charge in [-0.1, -0.05) is 18.2 Å². The zero-order valence-electron chi connectivity index (χ0n) is 14.5. The Kier molecular flexibility index (Phi) is 3.59. The summed E-state index contributed by atoms with van der Waals surface area (Å²) in [5.74, 6) is 0.576. The number of fused-ring (bicyclic) bond motifs is 1. The van der Waals surface area contributed by atoms with Crippen LogP contribution in [0.1, 0.15) is 46.4 Å². The van der Waals surface area contributed by atoms with E-state index < -0.39 is 0 Å². The lowest BCUT2D eigenvalue weighted by molar-refractivity contribution is 0.0979. The molecule has 0 N–H and O–H groups in total. The Balaban J connectivity index is 1.51. The molecule has 1 unspecified atom stereocenters. The molecule has 3 aromatic rings. The molecule has 1 fully saturated rings. The fourth-order valence-corrected chi connectivity index (χ4v) is 3.78. The number of carbonyl (C=O) groups is 1. The van der Waals surface area contributed by atoms with Gasteiger partial charge < -0.3 is 4.90 Å². The number of aromatic nitrogens is 3. The van der Waals surface area contributed by atoms with E-state index in [1.54, 1.807) is 12.4 Å². The number of carbonyl (C=O) groups excluding carboxylic acids is 1. The van der Waals surface area contributed by atoms with Crippen molar-refractivity contribution in [3.05, 3.63) is 77.9 Å². The second-order valence-electron chi connectivity index (χ2n) is 7.13. The van der Waals surface area contributed by atoms with Gasteiger partial charge in [0.2, 0.25) is 0 Å². The molecule has 130 valence electrons. The molecular formula is C21H20N4O. The number of amides is 1. The summed E-state index contributed by atoms with van der Waals surface area (Å²) >= 11 is 0. The van der Waals surface area contributed by atoms with Gasteiger partial charge in [0, 0.05) is 48.0 Å². The molecule has 1 atom stereocenters. The number of hydrogen-bond acceptors (Lipinski definition) is 3. The van der Waals surface area contributed by atoms with Crippen LogP contribution in [0.2, 0.25) is 0 Å². The lowest BCUT2D eigenvalue weighted by Crippen LogP contribution is -2.41. The average Bonchev–Trinajstić information content (AvgIpc) is 3.41. The maximum absolute atomic E-state index is 13.3. The Hall–Kier alpha value is -2.95. The summed E-state index contributed by atoms with van der Waals surface area (Å²) in [6.07, 6.45) is 8.76. The van der Waals surface area contributed by atoms with Crippen molar-refractivity contribution < 1.29 is 4.79 Å². The molecule has 1 aliphatic carbocycles. The minimum atomic E-state index is 0.0404. The van der Waals surface area contributed by atoms with Gasteiger partial charge in [0.05, 0.1) is 6.04 Å². The molecule has 0 saturated heterocycles. The molecule has 1 amide bonds. The largest absolute Gasteiger partial charge is 0.306 e. The molecule has 5 nitrogen and oxygen atoms in total. The average molecular weight is 344 g/mol. The predicted octanol–water partition coefficient (Wildman–Crippen LogP) is 3.60. The third-order valence-corrected chi connectivity index (χ3v) is 5.30. The standard InChI is InChI=1S/C21H20N4O/c26-21(17-8-10-22-19(13-17)15-6-7-15)24-14-18(25-11-3-9-23-25)12-16-4-1-2-5-20(16)24/h1-5,8-11,13,15,18H,6-7,12,14H2.